The van der Waals surface area contributed by atoms with Crippen molar-refractivity contribution in [3.05, 3.63) is 37.8 Å². The quantitative estimate of drug-likeness (QED) is 0.758. The highest BCUT2D eigenvalue weighted by atomic mass is 79.9. The van der Waals surface area contributed by atoms with Gasteiger partial charge in [-0.15, -0.1) is 22.7 Å². The molecule has 0 aliphatic heterocycles. The molecule has 4 nitrogen and oxygen atoms in total. The van der Waals surface area contributed by atoms with Gasteiger partial charge in [-0.25, -0.2) is 13.1 Å². The molecule has 0 aromatic carbocycles. The van der Waals surface area contributed by atoms with Crippen molar-refractivity contribution in [1.82, 2.24) is 10.0 Å². The van der Waals surface area contributed by atoms with Crippen LogP contribution in [0, 0.1) is 0 Å². The van der Waals surface area contributed by atoms with Crippen LogP contribution in [0.2, 0.25) is 0 Å². The van der Waals surface area contributed by atoms with Crippen LogP contribution in [0.25, 0.3) is 0 Å². The molecule has 0 atom stereocenters. The minimum absolute atomic E-state index is 0.370. The number of thiophene rings is 2. The monoisotopic (exact) mass is 394 g/mol. The van der Waals surface area contributed by atoms with E-state index in [9.17, 15) is 8.42 Å². The summed E-state index contributed by atoms with van der Waals surface area (Å²) in [7, 11) is -1.55. The molecule has 110 valence electrons. The van der Waals surface area contributed by atoms with Crippen molar-refractivity contribution >= 4 is 48.6 Å². The van der Waals surface area contributed by atoms with Crippen molar-refractivity contribution in [3.63, 3.8) is 0 Å². The number of hydrogen-bond donors (Lipinski definition) is 2. The van der Waals surface area contributed by atoms with Gasteiger partial charge in [0.2, 0.25) is 10.0 Å². The van der Waals surface area contributed by atoms with E-state index >= 15 is 0 Å². The molecule has 0 unspecified atom stereocenters. The van der Waals surface area contributed by atoms with Crippen LogP contribution >= 0.6 is 38.6 Å². The maximum atomic E-state index is 12.1. The van der Waals surface area contributed by atoms with Crippen molar-refractivity contribution in [1.29, 1.82) is 0 Å². The highest BCUT2D eigenvalue weighted by Gasteiger charge is 2.16. The van der Waals surface area contributed by atoms with Gasteiger partial charge in [-0.1, -0.05) is 0 Å². The van der Waals surface area contributed by atoms with Crippen molar-refractivity contribution in [2.24, 2.45) is 0 Å². The molecule has 0 bridgehead atoms. The van der Waals surface area contributed by atoms with Gasteiger partial charge in [-0.2, -0.15) is 0 Å². The third kappa shape index (κ3) is 4.37. The maximum absolute atomic E-state index is 12.1. The van der Waals surface area contributed by atoms with E-state index in [2.05, 4.69) is 26.0 Å². The number of rotatable bonds is 7. The highest BCUT2D eigenvalue weighted by Crippen LogP contribution is 2.23. The SMILES string of the molecule is CNCc1csc(S(=O)(=O)NCCc2ccc(Br)s2)c1. The topological polar surface area (TPSA) is 58.2 Å². The lowest BCUT2D eigenvalue weighted by Crippen LogP contribution is -2.25. The third-order valence-corrected chi connectivity index (χ3v) is 7.20. The van der Waals surface area contributed by atoms with Crippen LogP contribution in [-0.2, 0) is 23.0 Å². The molecule has 2 aromatic heterocycles. The van der Waals surface area contributed by atoms with Crippen molar-refractivity contribution in [2.45, 2.75) is 17.2 Å². The molecule has 0 aliphatic rings. The Balaban J connectivity index is 1.92. The predicted octanol–water partition coefficient (Wildman–Crippen LogP) is 2.81. The van der Waals surface area contributed by atoms with Gasteiger partial charge in [0.15, 0.2) is 0 Å². The van der Waals surface area contributed by atoms with Crippen LogP contribution in [-0.4, -0.2) is 22.0 Å². The highest BCUT2D eigenvalue weighted by molar-refractivity contribution is 9.11. The molecule has 0 saturated carbocycles. The standard InChI is InChI=1S/C12H15BrN2O2S3/c1-14-7-9-6-12(18-8-9)20(16,17)15-5-4-10-2-3-11(13)19-10/h2-3,6,8,14-15H,4-5,7H2,1H3. The molecule has 0 amide bonds. The largest absolute Gasteiger partial charge is 0.316 e. The summed E-state index contributed by atoms with van der Waals surface area (Å²) < 4.78 is 28.3. The van der Waals surface area contributed by atoms with Gasteiger partial charge in [-0.3, -0.25) is 0 Å². The Morgan fingerprint density at radius 1 is 1.35 bits per heavy atom. The zero-order chi connectivity index (χ0) is 14.6. The second-order valence-corrected chi connectivity index (χ2v) is 9.61. The molecule has 2 rings (SSSR count). The van der Waals surface area contributed by atoms with Gasteiger partial charge < -0.3 is 5.32 Å². The Labute approximate surface area is 135 Å². The molecule has 0 fully saturated rings. The molecular formula is C12H15BrN2O2S3. The zero-order valence-corrected chi connectivity index (χ0v) is 14.9. The van der Waals surface area contributed by atoms with Gasteiger partial charge in [0.1, 0.15) is 4.21 Å². The van der Waals surface area contributed by atoms with E-state index in [4.69, 9.17) is 0 Å². The summed E-state index contributed by atoms with van der Waals surface area (Å²) in [5.74, 6) is 0. The fraction of sp³-hybridized carbons (Fsp3) is 0.333. The van der Waals surface area contributed by atoms with E-state index in [-0.39, 0.29) is 0 Å². The number of halogens is 1. The first-order valence-electron chi connectivity index (χ1n) is 5.97. The van der Waals surface area contributed by atoms with Crippen LogP contribution in [0.3, 0.4) is 0 Å². The normalized spacial score (nSPS) is 11.9. The molecule has 0 radical (unpaired) electrons. The second-order valence-electron chi connectivity index (χ2n) is 4.16. The van der Waals surface area contributed by atoms with Gasteiger partial charge in [0.25, 0.3) is 0 Å². The Bertz CT molecular complexity index is 664. The molecule has 0 saturated heterocycles. The molecule has 0 spiro atoms. The number of sulfonamides is 1. The van der Waals surface area contributed by atoms with Crippen LogP contribution in [0.1, 0.15) is 10.4 Å². The van der Waals surface area contributed by atoms with Crippen molar-refractivity contribution < 1.29 is 8.42 Å². The van der Waals surface area contributed by atoms with E-state index in [0.29, 0.717) is 23.7 Å². The van der Waals surface area contributed by atoms with E-state index < -0.39 is 10.0 Å². The summed E-state index contributed by atoms with van der Waals surface area (Å²) >= 11 is 6.27. The van der Waals surface area contributed by atoms with Crippen molar-refractivity contribution in [2.75, 3.05) is 13.6 Å². The van der Waals surface area contributed by atoms with E-state index in [1.54, 1.807) is 17.4 Å². The number of hydrogen-bond acceptors (Lipinski definition) is 5. The molecule has 2 aromatic rings. The fourth-order valence-electron chi connectivity index (χ4n) is 1.66. The number of nitrogens with one attached hydrogen (secondary N) is 2. The van der Waals surface area contributed by atoms with Crippen molar-refractivity contribution in [3.8, 4) is 0 Å². The maximum Gasteiger partial charge on any atom is 0.250 e. The van der Waals surface area contributed by atoms with E-state index in [0.717, 1.165) is 14.2 Å². The molecule has 20 heavy (non-hydrogen) atoms. The van der Waals surface area contributed by atoms with Crippen LogP contribution in [0.15, 0.2) is 31.6 Å². The fourth-order valence-corrected chi connectivity index (χ4v) is 5.43. The van der Waals surface area contributed by atoms with E-state index in [1.165, 1.54) is 11.3 Å². The van der Waals surface area contributed by atoms with E-state index in [1.807, 2.05) is 24.6 Å². The summed E-state index contributed by atoms with van der Waals surface area (Å²) in [4.78, 5) is 1.15. The summed E-state index contributed by atoms with van der Waals surface area (Å²) in [6.45, 7) is 1.09. The van der Waals surface area contributed by atoms with Gasteiger partial charge in [0, 0.05) is 18.0 Å². The second kappa shape index (κ2) is 7.15. The average molecular weight is 395 g/mol. The molecule has 2 heterocycles. The van der Waals surface area contributed by atoms with Gasteiger partial charge >= 0.3 is 0 Å². The summed E-state index contributed by atoms with van der Waals surface area (Å²) in [6, 6.07) is 5.68. The smallest absolute Gasteiger partial charge is 0.250 e. The lowest BCUT2D eigenvalue weighted by molar-refractivity contribution is 0.584. The van der Waals surface area contributed by atoms with Gasteiger partial charge in [0.05, 0.1) is 3.79 Å². The lowest BCUT2D eigenvalue weighted by atomic mass is 10.3. The Hall–Kier alpha value is -0.250. The predicted molar refractivity (Wildman–Crippen MR) is 88.0 cm³/mol. The Morgan fingerprint density at radius 3 is 2.80 bits per heavy atom. The zero-order valence-electron chi connectivity index (χ0n) is 10.8. The molecular weight excluding hydrogens is 380 g/mol. The molecule has 8 heteroatoms. The summed E-state index contributed by atoms with van der Waals surface area (Å²) in [5, 5.41) is 4.87. The van der Waals surface area contributed by atoms with Gasteiger partial charge in [-0.05, 0) is 58.5 Å². The minimum atomic E-state index is -3.39. The molecule has 0 aliphatic carbocycles. The first-order chi connectivity index (χ1) is 9.51. The Kier molecular flexibility index (Phi) is 5.76. The average Bonchev–Trinajstić information content (AvgIpc) is 2.99. The third-order valence-electron chi connectivity index (χ3n) is 2.57. The lowest BCUT2D eigenvalue weighted by Gasteiger charge is -2.03. The van der Waals surface area contributed by atoms with Crippen LogP contribution in [0.4, 0.5) is 0 Å². The minimum Gasteiger partial charge on any atom is -0.316 e. The summed E-state index contributed by atoms with van der Waals surface area (Å²) in [6.07, 6.45) is 0.699. The Morgan fingerprint density at radius 2 is 2.15 bits per heavy atom. The van der Waals surface area contributed by atoms with Crippen LogP contribution < -0.4 is 10.0 Å². The van der Waals surface area contributed by atoms with Crippen LogP contribution in [0.5, 0.6) is 0 Å². The first-order valence-corrected chi connectivity index (χ1v) is 9.94. The molecule has 2 N–H and O–H groups in total. The summed E-state index contributed by atoms with van der Waals surface area (Å²) in [5.41, 5.74) is 0.986. The first kappa shape index (κ1) is 16.1.